The number of fused-ring (bicyclic) bond motifs is 4. The smallest absolute Gasteiger partial charge is 0.250 e. The van der Waals surface area contributed by atoms with Crippen LogP contribution in [-0.2, 0) is 21.5 Å². The van der Waals surface area contributed by atoms with Crippen molar-refractivity contribution in [2.24, 2.45) is 5.92 Å². The average Bonchev–Trinajstić information content (AvgIpc) is 2.74. The third-order valence-corrected chi connectivity index (χ3v) is 7.55. The number of likely N-dealkylation sites (tertiary alicyclic amines) is 1. The number of hydrogen-bond acceptors (Lipinski definition) is 3. The maximum Gasteiger partial charge on any atom is 0.250 e. The van der Waals surface area contributed by atoms with Gasteiger partial charge in [-0.2, -0.15) is 0 Å². The molecule has 3 atom stereocenters. The van der Waals surface area contributed by atoms with Gasteiger partial charge in [0.05, 0.1) is 5.60 Å². The monoisotopic (exact) mass is 420 g/mol. The van der Waals surface area contributed by atoms with Gasteiger partial charge in [-0.3, -0.25) is 9.59 Å². The SMILES string of the molecule is CC1(C)C[C@@](CC(=O)N2C[C@H]3C[C@@H](C2)c2cccc(=O)n2C3)(c2ccccc2)CCO1. The summed E-state index contributed by atoms with van der Waals surface area (Å²) in [5, 5.41) is 0. The zero-order valence-electron chi connectivity index (χ0n) is 18.5. The molecule has 5 heteroatoms. The minimum absolute atomic E-state index is 0.0828. The van der Waals surface area contributed by atoms with Crippen LogP contribution in [-0.4, -0.2) is 40.7 Å². The molecule has 3 aliphatic rings. The molecule has 0 aliphatic carbocycles. The van der Waals surface area contributed by atoms with E-state index >= 15 is 0 Å². The first-order valence-electron chi connectivity index (χ1n) is 11.5. The van der Waals surface area contributed by atoms with Crippen LogP contribution in [0.25, 0.3) is 0 Å². The minimum atomic E-state index is -0.243. The number of piperidine rings is 1. The van der Waals surface area contributed by atoms with E-state index in [4.69, 9.17) is 4.74 Å². The molecular formula is C26H32N2O3. The van der Waals surface area contributed by atoms with Crippen molar-refractivity contribution in [2.45, 2.75) is 63.0 Å². The van der Waals surface area contributed by atoms with Crippen molar-refractivity contribution in [3.8, 4) is 0 Å². The van der Waals surface area contributed by atoms with Crippen LogP contribution < -0.4 is 5.56 Å². The average molecular weight is 421 g/mol. The van der Waals surface area contributed by atoms with Gasteiger partial charge >= 0.3 is 0 Å². The number of rotatable bonds is 3. The number of carbonyl (C=O) groups is 1. The van der Waals surface area contributed by atoms with Gasteiger partial charge in [-0.15, -0.1) is 0 Å². The standard InChI is InChI=1S/C26H32N2O3/c1-25(2)18-26(11-12-31-25,21-7-4-3-5-8-21)14-24(30)27-15-19-13-20(17-27)22-9-6-10-23(29)28(22)16-19/h3-10,19-20H,11-18H2,1-2H3/t19-,20+,26-/m1/s1. The molecule has 2 aromatic rings. The van der Waals surface area contributed by atoms with Crippen LogP contribution in [0.15, 0.2) is 53.3 Å². The van der Waals surface area contributed by atoms with E-state index < -0.39 is 0 Å². The van der Waals surface area contributed by atoms with E-state index in [2.05, 4.69) is 49.1 Å². The lowest BCUT2D eigenvalue weighted by atomic mass is 9.67. The van der Waals surface area contributed by atoms with Crippen molar-refractivity contribution in [2.75, 3.05) is 19.7 Å². The first kappa shape index (κ1) is 20.5. The van der Waals surface area contributed by atoms with Crippen molar-refractivity contribution in [3.63, 3.8) is 0 Å². The third-order valence-electron chi connectivity index (χ3n) is 7.55. The molecule has 31 heavy (non-hydrogen) atoms. The molecule has 1 aromatic carbocycles. The minimum Gasteiger partial charge on any atom is -0.376 e. The molecule has 4 heterocycles. The summed E-state index contributed by atoms with van der Waals surface area (Å²) in [6, 6.07) is 16.1. The molecule has 5 rings (SSSR count). The lowest BCUT2D eigenvalue weighted by molar-refractivity contribution is -0.139. The normalized spacial score (nSPS) is 29.3. The molecule has 3 aliphatic heterocycles. The van der Waals surface area contributed by atoms with Crippen molar-refractivity contribution in [1.82, 2.24) is 9.47 Å². The topological polar surface area (TPSA) is 51.5 Å². The van der Waals surface area contributed by atoms with Gasteiger partial charge in [0.25, 0.3) is 5.56 Å². The van der Waals surface area contributed by atoms with Crippen molar-refractivity contribution in [3.05, 3.63) is 70.1 Å². The Morgan fingerprint density at radius 2 is 1.87 bits per heavy atom. The third kappa shape index (κ3) is 3.84. The molecule has 0 spiro atoms. The maximum atomic E-state index is 13.7. The lowest BCUT2D eigenvalue weighted by Crippen LogP contribution is -2.52. The number of hydrogen-bond donors (Lipinski definition) is 0. The number of benzene rings is 1. The summed E-state index contributed by atoms with van der Waals surface area (Å²) < 4.78 is 7.95. The van der Waals surface area contributed by atoms with E-state index in [9.17, 15) is 9.59 Å². The highest BCUT2D eigenvalue weighted by Crippen LogP contribution is 2.45. The summed E-state index contributed by atoms with van der Waals surface area (Å²) >= 11 is 0. The van der Waals surface area contributed by atoms with Crippen LogP contribution in [0.2, 0.25) is 0 Å². The van der Waals surface area contributed by atoms with E-state index in [-0.39, 0.29) is 28.4 Å². The van der Waals surface area contributed by atoms with Crippen molar-refractivity contribution >= 4 is 5.91 Å². The lowest BCUT2D eigenvalue weighted by Gasteiger charge is -2.47. The van der Waals surface area contributed by atoms with E-state index in [1.807, 2.05) is 16.7 Å². The summed E-state index contributed by atoms with van der Waals surface area (Å²) in [6.45, 7) is 7.13. The molecule has 1 amide bonds. The zero-order chi connectivity index (χ0) is 21.6. The summed E-state index contributed by atoms with van der Waals surface area (Å²) in [5.41, 5.74) is 1.98. The van der Waals surface area contributed by atoms with Crippen LogP contribution in [0.5, 0.6) is 0 Å². The predicted octanol–water partition coefficient (Wildman–Crippen LogP) is 3.71. The Balaban J connectivity index is 1.40. The fraction of sp³-hybridized carbons (Fsp3) is 0.538. The molecule has 2 bridgehead atoms. The van der Waals surface area contributed by atoms with Crippen LogP contribution >= 0.6 is 0 Å². The molecule has 2 fully saturated rings. The van der Waals surface area contributed by atoms with Crippen LogP contribution in [0.4, 0.5) is 0 Å². The second-order valence-electron chi connectivity index (χ2n) is 10.4. The number of amides is 1. The summed E-state index contributed by atoms with van der Waals surface area (Å²) in [6.07, 6.45) is 3.29. The first-order valence-corrected chi connectivity index (χ1v) is 11.5. The van der Waals surface area contributed by atoms with E-state index in [0.717, 1.165) is 38.0 Å². The van der Waals surface area contributed by atoms with Gasteiger partial charge in [-0.05, 0) is 50.7 Å². The van der Waals surface area contributed by atoms with E-state index in [1.54, 1.807) is 6.07 Å². The number of aromatic nitrogens is 1. The Hall–Kier alpha value is -2.40. The fourth-order valence-electron chi connectivity index (χ4n) is 6.27. The van der Waals surface area contributed by atoms with Gasteiger partial charge in [0.1, 0.15) is 0 Å². The van der Waals surface area contributed by atoms with Gasteiger partial charge in [0.2, 0.25) is 5.91 Å². The molecule has 164 valence electrons. The molecular weight excluding hydrogens is 388 g/mol. The molecule has 0 saturated carbocycles. The molecule has 1 aromatic heterocycles. The highest BCUT2D eigenvalue weighted by atomic mass is 16.5. The van der Waals surface area contributed by atoms with Gasteiger partial charge < -0.3 is 14.2 Å². The van der Waals surface area contributed by atoms with Gasteiger partial charge in [0.15, 0.2) is 0 Å². The fourth-order valence-corrected chi connectivity index (χ4v) is 6.27. The Morgan fingerprint density at radius 3 is 2.65 bits per heavy atom. The molecule has 0 N–H and O–H groups in total. The summed E-state index contributed by atoms with van der Waals surface area (Å²) in [4.78, 5) is 28.1. The second-order valence-corrected chi connectivity index (χ2v) is 10.4. The van der Waals surface area contributed by atoms with Gasteiger partial charge in [-0.25, -0.2) is 0 Å². The highest BCUT2D eigenvalue weighted by molar-refractivity contribution is 5.78. The quantitative estimate of drug-likeness (QED) is 0.761. The predicted molar refractivity (Wildman–Crippen MR) is 120 cm³/mol. The second kappa shape index (κ2) is 7.63. The zero-order valence-corrected chi connectivity index (χ0v) is 18.5. The van der Waals surface area contributed by atoms with Crippen molar-refractivity contribution in [1.29, 1.82) is 0 Å². The van der Waals surface area contributed by atoms with E-state index in [0.29, 0.717) is 25.5 Å². The Labute approximate surface area is 184 Å². The highest BCUT2D eigenvalue weighted by Gasteiger charge is 2.45. The summed E-state index contributed by atoms with van der Waals surface area (Å²) in [5.74, 6) is 0.848. The van der Waals surface area contributed by atoms with Crippen LogP contribution in [0.1, 0.15) is 56.7 Å². The maximum absolute atomic E-state index is 13.7. The number of pyridine rings is 1. The summed E-state index contributed by atoms with van der Waals surface area (Å²) in [7, 11) is 0. The molecule has 0 radical (unpaired) electrons. The Kier molecular flexibility index (Phi) is 5.04. The largest absolute Gasteiger partial charge is 0.376 e. The number of ether oxygens (including phenoxy) is 1. The molecule has 0 unspecified atom stereocenters. The van der Waals surface area contributed by atoms with Crippen LogP contribution in [0, 0.1) is 5.92 Å². The molecule has 5 nitrogen and oxygen atoms in total. The van der Waals surface area contributed by atoms with E-state index in [1.165, 1.54) is 5.56 Å². The van der Waals surface area contributed by atoms with Gasteiger partial charge in [-0.1, -0.05) is 36.4 Å². The number of nitrogens with zero attached hydrogens (tertiary/aromatic N) is 2. The van der Waals surface area contributed by atoms with Crippen LogP contribution in [0.3, 0.4) is 0 Å². The van der Waals surface area contributed by atoms with Gasteiger partial charge in [0, 0.05) is 55.8 Å². The first-order chi connectivity index (χ1) is 14.9. The van der Waals surface area contributed by atoms with Crippen molar-refractivity contribution < 1.29 is 9.53 Å². The number of carbonyl (C=O) groups excluding carboxylic acids is 1. The Bertz CT molecular complexity index is 1030. The molecule has 2 saturated heterocycles. The Morgan fingerprint density at radius 1 is 1.06 bits per heavy atom.